The lowest BCUT2D eigenvalue weighted by molar-refractivity contribution is -0.136. The molecule has 6 heteroatoms. The normalized spacial score (nSPS) is 18.3. The van der Waals surface area contributed by atoms with Crippen LogP contribution in [0.5, 0.6) is 0 Å². The summed E-state index contributed by atoms with van der Waals surface area (Å²) in [5.74, 6) is -0.835. The number of hydrogen-bond donors (Lipinski definition) is 3. The molecule has 0 aliphatic heterocycles. The molecule has 0 bridgehead atoms. The van der Waals surface area contributed by atoms with Crippen LogP contribution in [0.2, 0.25) is 0 Å². The SMILES string of the molecule is CC1=C(CCC(=O)O)/C(=N\NC(N)=O)CCC1. The van der Waals surface area contributed by atoms with Gasteiger partial charge in [-0.1, -0.05) is 5.57 Å². The monoisotopic (exact) mass is 239 g/mol. The summed E-state index contributed by atoms with van der Waals surface area (Å²) in [6, 6.07) is -0.710. The zero-order valence-electron chi connectivity index (χ0n) is 9.82. The van der Waals surface area contributed by atoms with Gasteiger partial charge in [0.1, 0.15) is 0 Å². The van der Waals surface area contributed by atoms with Gasteiger partial charge in [-0.3, -0.25) is 4.79 Å². The number of carboxylic acids is 1. The van der Waals surface area contributed by atoms with Crippen molar-refractivity contribution in [3.8, 4) is 0 Å². The summed E-state index contributed by atoms with van der Waals surface area (Å²) in [4.78, 5) is 21.2. The van der Waals surface area contributed by atoms with E-state index < -0.39 is 12.0 Å². The van der Waals surface area contributed by atoms with Gasteiger partial charge >= 0.3 is 12.0 Å². The molecule has 1 aliphatic carbocycles. The fourth-order valence-electron chi connectivity index (χ4n) is 1.90. The molecule has 0 aromatic heterocycles. The Hall–Kier alpha value is -1.85. The number of primary amides is 1. The summed E-state index contributed by atoms with van der Waals surface area (Å²) in [7, 11) is 0. The molecule has 94 valence electrons. The number of nitrogens with zero attached hydrogens (tertiary/aromatic N) is 1. The number of carbonyl (C=O) groups is 2. The molecule has 2 amide bonds. The molecular weight excluding hydrogens is 222 g/mol. The minimum absolute atomic E-state index is 0.0717. The van der Waals surface area contributed by atoms with Crippen LogP contribution in [0.3, 0.4) is 0 Å². The van der Waals surface area contributed by atoms with E-state index in [4.69, 9.17) is 10.8 Å². The van der Waals surface area contributed by atoms with Crippen LogP contribution < -0.4 is 11.2 Å². The summed E-state index contributed by atoms with van der Waals surface area (Å²) in [5, 5.41) is 12.6. The first-order valence-electron chi connectivity index (χ1n) is 5.53. The number of allylic oxidation sites excluding steroid dienone is 2. The lowest BCUT2D eigenvalue weighted by atomic mass is 9.88. The van der Waals surface area contributed by atoms with Crippen LogP contribution in [0.15, 0.2) is 16.2 Å². The van der Waals surface area contributed by atoms with Crippen LogP contribution in [0.25, 0.3) is 0 Å². The Labute approximate surface area is 99.6 Å². The van der Waals surface area contributed by atoms with E-state index in [0.29, 0.717) is 6.42 Å². The Morgan fingerprint density at radius 3 is 2.76 bits per heavy atom. The van der Waals surface area contributed by atoms with Gasteiger partial charge in [-0.05, 0) is 38.2 Å². The van der Waals surface area contributed by atoms with Gasteiger partial charge in [-0.15, -0.1) is 0 Å². The molecule has 0 atom stereocenters. The molecule has 0 unspecified atom stereocenters. The largest absolute Gasteiger partial charge is 0.481 e. The maximum absolute atomic E-state index is 10.6. The molecule has 0 radical (unpaired) electrons. The Kier molecular flexibility index (Phi) is 4.68. The van der Waals surface area contributed by atoms with Crippen molar-refractivity contribution in [2.24, 2.45) is 10.8 Å². The van der Waals surface area contributed by atoms with Crippen molar-refractivity contribution in [3.05, 3.63) is 11.1 Å². The number of aliphatic carboxylic acids is 1. The average molecular weight is 239 g/mol. The van der Waals surface area contributed by atoms with E-state index in [-0.39, 0.29) is 6.42 Å². The maximum Gasteiger partial charge on any atom is 0.332 e. The summed E-state index contributed by atoms with van der Waals surface area (Å²) < 4.78 is 0. The number of nitrogens with two attached hydrogens (primary N) is 1. The number of nitrogens with one attached hydrogen (secondary N) is 1. The third-order valence-electron chi connectivity index (χ3n) is 2.72. The number of carbonyl (C=O) groups excluding carboxylic acids is 1. The number of rotatable bonds is 4. The van der Waals surface area contributed by atoms with Gasteiger partial charge in [0.25, 0.3) is 0 Å². The van der Waals surface area contributed by atoms with Crippen molar-refractivity contribution in [2.75, 3.05) is 0 Å². The first-order valence-corrected chi connectivity index (χ1v) is 5.53. The highest BCUT2D eigenvalue weighted by atomic mass is 16.4. The zero-order chi connectivity index (χ0) is 12.8. The number of hydrazone groups is 1. The van der Waals surface area contributed by atoms with Gasteiger partial charge in [0.15, 0.2) is 0 Å². The number of urea groups is 1. The van der Waals surface area contributed by atoms with Crippen LogP contribution in [0.4, 0.5) is 4.79 Å². The van der Waals surface area contributed by atoms with Gasteiger partial charge in [0.2, 0.25) is 0 Å². The van der Waals surface area contributed by atoms with Crippen molar-refractivity contribution >= 4 is 17.7 Å². The van der Waals surface area contributed by atoms with E-state index in [9.17, 15) is 9.59 Å². The average Bonchev–Trinajstić information content (AvgIpc) is 2.24. The maximum atomic E-state index is 10.6. The molecule has 0 spiro atoms. The van der Waals surface area contributed by atoms with Crippen molar-refractivity contribution in [2.45, 2.75) is 39.0 Å². The van der Waals surface area contributed by atoms with Gasteiger partial charge in [0.05, 0.1) is 5.71 Å². The quantitative estimate of drug-likeness (QED) is 0.645. The lowest BCUT2D eigenvalue weighted by Crippen LogP contribution is -2.27. The van der Waals surface area contributed by atoms with Gasteiger partial charge in [-0.25, -0.2) is 10.2 Å². The first kappa shape index (κ1) is 13.2. The van der Waals surface area contributed by atoms with E-state index in [0.717, 1.165) is 36.1 Å². The summed E-state index contributed by atoms with van der Waals surface area (Å²) in [6.45, 7) is 1.97. The Balaban J connectivity index is 2.80. The molecular formula is C11H17N3O3. The summed E-state index contributed by atoms with van der Waals surface area (Å²) in [6.07, 6.45) is 3.17. The summed E-state index contributed by atoms with van der Waals surface area (Å²) >= 11 is 0. The van der Waals surface area contributed by atoms with E-state index >= 15 is 0 Å². The number of carboxylic acid groups (broad SMARTS) is 1. The number of hydrogen-bond acceptors (Lipinski definition) is 3. The Bertz CT molecular complexity index is 385. The van der Waals surface area contributed by atoms with Crippen LogP contribution >= 0.6 is 0 Å². The second-order valence-electron chi connectivity index (χ2n) is 4.04. The third-order valence-corrected chi connectivity index (χ3v) is 2.72. The molecule has 0 saturated carbocycles. The molecule has 0 aromatic rings. The Morgan fingerprint density at radius 1 is 1.47 bits per heavy atom. The van der Waals surface area contributed by atoms with Crippen molar-refractivity contribution in [3.63, 3.8) is 0 Å². The van der Waals surface area contributed by atoms with E-state index in [1.165, 1.54) is 0 Å². The second-order valence-corrected chi connectivity index (χ2v) is 4.04. The van der Waals surface area contributed by atoms with Crippen LogP contribution in [-0.2, 0) is 4.79 Å². The van der Waals surface area contributed by atoms with Gasteiger partial charge in [-0.2, -0.15) is 5.10 Å². The lowest BCUT2D eigenvalue weighted by Gasteiger charge is -2.19. The molecule has 1 aliphatic rings. The van der Waals surface area contributed by atoms with Crippen LogP contribution in [-0.4, -0.2) is 22.8 Å². The Morgan fingerprint density at radius 2 is 2.18 bits per heavy atom. The van der Waals surface area contributed by atoms with Crippen LogP contribution in [0.1, 0.15) is 39.0 Å². The fraction of sp³-hybridized carbons (Fsp3) is 0.545. The predicted molar refractivity (Wildman–Crippen MR) is 63.6 cm³/mol. The molecule has 4 N–H and O–H groups in total. The second kappa shape index (κ2) is 6.03. The van der Waals surface area contributed by atoms with E-state index in [1.807, 2.05) is 6.92 Å². The highest BCUT2D eigenvalue weighted by molar-refractivity contribution is 6.02. The fourth-order valence-corrected chi connectivity index (χ4v) is 1.90. The standard InChI is InChI=1S/C11H17N3O3/c1-7-3-2-4-9(13-14-11(12)17)8(7)5-6-10(15)16/h2-6H2,1H3,(H,15,16)(H3,12,14,17)/b13-9-. The van der Waals surface area contributed by atoms with Crippen molar-refractivity contribution in [1.82, 2.24) is 5.43 Å². The number of amides is 2. The molecule has 6 nitrogen and oxygen atoms in total. The molecule has 1 rings (SSSR count). The summed E-state index contributed by atoms with van der Waals surface area (Å²) in [5.41, 5.74) is 9.97. The molecule has 0 saturated heterocycles. The van der Waals surface area contributed by atoms with E-state index in [2.05, 4.69) is 10.5 Å². The van der Waals surface area contributed by atoms with Gasteiger partial charge in [0, 0.05) is 6.42 Å². The first-order chi connectivity index (χ1) is 8.00. The minimum Gasteiger partial charge on any atom is -0.481 e. The topological polar surface area (TPSA) is 105 Å². The molecule has 17 heavy (non-hydrogen) atoms. The third kappa shape index (κ3) is 4.26. The van der Waals surface area contributed by atoms with Crippen molar-refractivity contribution in [1.29, 1.82) is 0 Å². The molecule has 0 fully saturated rings. The van der Waals surface area contributed by atoms with Crippen molar-refractivity contribution < 1.29 is 14.7 Å². The molecule has 0 heterocycles. The molecule has 0 aromatic carbocycles. The van der Waals surface area contributed by atoms with Crippen LogP contribution in [0, 0.1) is 0 Å². The van der Waals surface area contributed by atoms with Gasteiger partial charge < -0.3 is 10.8 Å². The minimum atomic E-state index is -0.835. The van der Waals surface area contributed by atoms with E-state index in [1.54, 1.807) is 0 Å². The zero-order valence-corrected chi connectivity index (χ0v) is 9.82. The highest BCUT2D eigenvalue weighted by Gasteiger charge is 2.17. The highest BCUT2D eigenvalue weighted by Crippen LogP contribution is 2.25. The predicted octanol–water partition coefficient (Wildman–Crippen LogP) is 1.38. The smallest absolute Gasteiger partial charge is 0.332 e.